The van der Waals surface area contributed by atoms with E-state index in [1.807, 2.05) is 0 Å². The molecule has 76 valence electrons. The second-order valence-electron chi connectivity index (χ2n) is 3.80. The summed E-state index contributed by atoms with van der Waals surface area (Å²) in [5.74, 6) is 0. The molecule has 0 radical (unpaired) electrons. The summed E-state index contributed by atoms with van der Waals surface area (Å²) in [5.41, 5.74) is 0. The molecule has 2 aliphatic rings. The molecule has 4 nitrogen and oxygen atoms in total. The first-order valence-corrected chi connectivity index (χ1v) is 5.09. The Balaban J connectivity index is 1.79. The molecule has 2 unspecified atom stereocenters. The summed E-state index contributed by atoms with van der Waals surface area (Å²) in [6.45, 7) is 4.73. The largest absolute Gasteiger partial charge is 0.379 e. The summed E-state index contributed by atoms with van der Waals surface area (Å²) in [5, 5.41) is 12.4. The molecule has 0 aromatic rings. The number of nitrogens with zero attached hydrogens (tertiary/aromatic N) is 1. The van der Waals surface area contributed by atoms with Gasteiger partial charge < -0.3 is 9.84 Å². The van der Waals surface area contributed by atoms with Crippen LogP contribution in [-0.4, -0.2) is 55.1 Å². The normalized spacial score (nSPS) is 37.6. The van der Waals surface area contributed by atoms with E-state index in [0.29, 0.717) is 6.04 Å². The lowest BCUT2D eigenvalue weighted by Gasteiger charge is -2.38. The van der Waals surface area contributed by atoms with E-state index in [1.54, 1.807) is 0 Å². The Bertz CT molecular complexity index is 152. The lowest BCUT2D eigenvalue weighted by atomic mass is 10.0. The molecular weight excluding hydrogens is 168 g/mol. The number of ether oxygens (including phenoxy) is 1. The molecule has 2 atom stereocenters. The highest BCUT2D eigenvalue weighted by atomic mass is 16.5. The van der Waals surface area contributed by atoms with Crippen LogP contribution < -0.4 is 5.32 Å². The summed E-state index contributed by atoms with van der Waals surface area (Å²) in [6, 6.07) is 0.604. The summed E-state index contributed by atoms with van der Waals surface area (Å²) >= 11 is 0. The monoisotopic (exact) mass is 186 g/mol. The standard InChI is InChI=1S/C9H18N2O2/c12-9-2-1-8(7-10-9)11-3-5-13-6-4-11/h8-10,12H,1-7H2. The van der Waals surface area contributed by atoms with E-state index in [4.69, 9.17) is 4.74 Å². The van der Waals surface area contributed by atoms with E-state index in [9.17, 15) is 5.11 Å². The van der Waals surface area contributed by atoms with Gasteiger partial charge in [-0.2, -0.15) is 0 Å². The summed E-state index contributed by atoms with van der Waals surface area (Å²) < 4.78 is 5.30. The molecule has 2 fully saturated rings. The van der Waals surface area contributed by atoms with Crippen LogP contribution in [0.5, 0.6) is 0 Å². The van der Waals surface area contributed by atoms with Crippen LogP contribution in [0.15, 0.2) is 0 Å². The highest BCUT2D eigenvalue weighted by Crippen LogP contribution is 2.13. The fraction of sp³-hybridized carbons (Fsp3) is 1.00. The quantitative estimate of drug-likeness (QED) is 0.573. The number of rotatable bonds is 1. The molecule has 0 aromatic carbocycles. The average molecular weight is 186 g/mol. The molecule has 2 N–H and O–H groups in total. The minimum atomic E-state index is -0.280. The van der Waals surface area contributed by atoms with Gasteiger partial charge in [0.05, 0.1) is 13.2 Å². The van der Waals surface area contributed by atoms with Crippen LogP contribution >= 0.6 is 0 Å². The lowest BCUT2D eigenvalue weighted by molar-refractivity contribution is -0.00474. The van der Waals surface area contributed by atoms with Crippen LogP contribution in [0, 0.1) is 0 Å². The SMILES string of the molecule is OC1CCC(N2CCOCC2)CN1. The van der Waals surface area contributed by atoms with Gasteiger partial charge in [-0.15, -0.1) is 0 Å². The molecule has 0 aromatic heterocycles. The molecule has 0 aliphatic carbocycles. The Morgan fingerprint density at radius 3 is 2.62 bits per heavy atom. The van der Waals surface area contributed by atoms with Crippen LogP contribution in [-0.2, 0) is 4.74 Å². The van der Waals surface area contributed by atoms with Crippen LogP contribution in [0.4, 0.5) is 0 Å². The highest BCUT2D eigenvalue weighted by Gasteiger charge is 2.25. The number of aliphatic hydroxyl groups excluding tert-OH is 1. The molecule has 2 heterocycles. The van der Waals surface area contributed by atoms with Crippen LogP contribution in [0.2, 0.25) is 0 Å². The van der Waals surface area contributed by atoms with Crippen molar-refractivity contribution in [3.8, 4) is 0 Å². The Kier molecular flexibility index (Phi) is 3.16. The maximum absolute atomic E-state index is 9.27. The van der Waals surface area contributed by atoms with Crippen molar-refractivity contribution in [2.75, 3.05) is 32.8 Å². The van der Waals surface area contributed by atoms with Crippen LogP contribution in [0.3, 0.4) is 0 Å². The van der Waals surface area contributed by atoms with Crippen molar-refractivity contribution in [3.05, 3.63) is 0 Å². The van der Waals surface area contributed by atoms with E-state index >= 15 is 0 Å². The first kappa shape index (κ1) is 9.40. The molecule has 2 saturated heterocycles. The van der Waals surface area contributed by atoms with E-state index in [2.05, 4.69) is 10.2 Å². The van der Waals surface area contributed by atoms with Crippen molar-refractivity contribution in [3.63, 3.8) is 0 Å². The fourth-order valence-corrected chi connectivity index (χ4v) is 2.08. The number of hydrogen-bond acceptors (Lipinski definition) is 4. The van der Waals surface area contributed by atoms with Crippen molar-refractivity contribution in [2.45, 2.75) is 25.1 Å². The van der Waals surface area contributed by atoms with E-state index in [-0.39, 0.29) is 6.23 Å². The third-order valence-electron chi connectivity index (χ3n) is 2.92. The molecular formula is C9H18N2O2. The third kappa shape index (κ3) is 2.40. The van der Waals surface area contributed by atoms with Crippen molar-refractivity contribution in [1.29, 1.82) is 0 Å². The topological polar surface area (TPSA) is 44.7 Å². The van der Waals surface area contributed by atoms with Gasteiger partial charge in [0.15, 0.2) is 0 Å². The number of morpholine rings is 1. The predicted octanol–water partition coefficient (Wildman–Crippen LogP) is -0.611. The lowest BCUT2D eigenvalue weighted by Crippen LogP contribution is -2.52. The van der Waals surface area contributed by atoms with Crippen molar-refractivity contribution in [1.82, 2.24) is 10.2 Å². The third-order valence-corrected chi connectivity index (χ3v) is 2.92. The van der Waals surface area contributed by atoms with Crippen molar-refractivity contribution in [2.24, 2.45) is 0 Å². The zero-order valence-electron chi connectivity index (χ0n) is 7.91. The highest BCUT2D eigenvalue weighted by molar-refractivity contribution is 4.81. The molecule has 13 heavy (non-hydrogen) atoms. The van der Waals surface area contributed by atoms with Gasteiger partial charge in [0.25, 0.3) is 0 Å². The second-order valence-corrected chi connectivity index (χ2v) is 3.80. The average Bonchev–Trinajstić information content (AvgIpc) is 2.20. The maximum atomic E-state index is 9.27. The van der Waals surface area contributed by atoms with E-state index in [1.165, 1.54) is 0 Å². The number of nitrogens with one attached hydrogen (secondary N) is 1. The van der Waals surface area contributed by atoms with E-state index in [0.717, 1.165) is 45.7 Å². The molecule has 4 heteroatoms. The zero-order valence-corrected chi connectivity index (χ0v) is 7.91. The van der Waals surface area contributed by atoms with Crippen molar-refractivity contribution >= 4 is 0 Å². The van der Waals surface area contributed by atoms with Gasteiger partial charge in [-0.3, -0.25) is 10.2 Å². The number of piperidine rings is 1. The van der Waals surface area contributed by atoms with Gasteiger partial charge in [-0.25, -0.2) is 0 Å². The zero-order chi connectivity index (χ0) is 9.10. The minimum absolute atomic E-state index is 0.280. The van der Waals surface area contributed by atoms with Gasteiger partial charge in [-0.05, 0) is 12.8 Å². The second kappa shape index (κ2) is 4.37. The smallest absolute Gasteiger partial charge is 0.105 e. The van der Waals surface area contributed by atoms with Crippen LogP contribution in [0.1, 0.15) is 12.8 Å². The molecule has 0 bridgehead atoms. The summed E-state index contributed by atoms with van der Waals surface area (Å²) in [7, 11) is 0. The summed E-state index contributed by atoms with van der Waals surface area (Å²) in [4.78, 5) is 2.46. The molecule has 2 aliphatic heterocycles. The first-order valence-electron chi connectivity index (χ1n) is 5.09. The Hall–Kier alpha value is -0.160. The van der Waals surface area contributed by atoms with Crippen molar-refractivity contribution < 1.29 is 9.84 Å². The minimum Gasteiger partial charge on any atom is -0.379 e. The molecule has 0 amide bonds. The maximum Gasteiger partial charge on any atom is 0.105 e. The number of hydrogen-bond donors (Lipinski definition) is 2. The predicted molar refractivity (Wildman–Crippen MR) is 49.4 cm³/mol. The number of aliphatic hydroxyl groups is 1. The van der Waals surface area contributed by atoms with Gasteiger partial charge >= 0.3 is 0 Å². The fourth-order valence-electron chi connectivity index (χ4n) is 2.08. The van der Waals surface area contributed by atoms with Gasteiger partial charge in [0.1, 0.15) is 6.23 Å². The molecule has 0 saturated carbocycles. The van der Waals surface area contributed by atoms with Gasteiger partial charge in [0, 0.05) is 25.7 Å². The Morgan fingerprint density at radius 2 is 2.00 bits per heavy atom. The summed E-state index contributed by atoms with van der Waals surface area (Å²) in [6.07, 6.45) is 1.70. The Morgan fingerprint density at radius 1 is 1.23 bits per heavy atom. The van der Waals surface area contributed by atoms with Gasteiger partial charge in [-0.1, -0.05) is 0 Å². The molecule has 2 rings (SSSR count). The van der Waals surface area contributed by atoms with Gasteiger partial charge in [0.2, 0.25) is 0 Å². The Labute approximate surface area is 78.9 Å². The first-order chi connectivity index (χ1) is 6.36. The van der Waals surface area contributed by atoms with Crippen LogP contribution in [0.25, 0.3) is 0 Å². The molecule has 0 spiro atoms. The van der Waals surface area contributed by atoms with E-state index < -0.39 is 0 Å².